The Hall–Kier alpha value is 1.07. The number of rotatable bonds is 5. The van der Waals surface area contributed by atoms with Crippen LogP contribution in [0.2, 0.25) is 0 Å². The van der Waals surface area contributed by atoms with Gasteiger partial charge in [0.1, 0.15) is 4.32 Å². The Labute approximate surface area is 140 Å². The molecule has 0 radical (unpaired) electrons. The number of nitrogens with zero attached hydrogens (tertiary/aromatic N) is 1. The molecule has 1 aliphatic rings. The molecule has 1 fully saturated rings. The molecule has 1 saturated heterocycles. The van der Waals surface area contributed by atoms with Crippen LogP contribution in [0.3, 0.4) is 0 Å². The molecule has 0 unspecified atom stereocenters. The van der Waals surface area contributed by atoms with Crippen molar-refractivity contribution in [2.24, 2.45) is 0 Å². The van der Waals surface area contributed by atoms with Crippen molar-refractivity contribution in [1.29, 1.82) is 0 Å². The van der Waals surface area contributed by atoms with Gasteiger partial charge in [0.2, 0.25) is 0 Å². The number of thiocarbonyl (C=S) groups is 1. The molecule has 18 heavy (non-hydrogen) atoms. The van der Waals surface area contributed by atoms with Crippen molar-refractivity contribution < 1.29 is 12.7 Å². The van der Waals surface area contributed by atoms with E-state index in [9.17, 15) is 8.42 Å². The van der Waals surface area contributed by atoms with Crippen molar-refractivity contribution in [2.75, 3.05) is 31.9 Å². The van der Waals surface area contributed by atoms with Crippen LogP contribution in [-0.2, 0) is 14.6 Å². The minimum atomic E-state index is -3.82. The molecule has 0 atom stereocenters. The molecule has 1 heterocycles. The average molecular weight is 323 g/mol. The summed E-state index contributed by atoms with van der Waals surface area (Å²) in [5.41, 5.74) is 0. The van der Waals surface area contributed by atoms with Gasteiger partial charge in [0.05, 0.1) is 0 Å². The molecule has 0 aromatic rings. The third-order valence-electron chi connectivity index (χ3n) is 1.93. The van der Waals surface area contributed by atoms with Crippen LogP contribution >= 0.6 is 24.0 Å². The molecule has 1 rings (SSSR count). The number of hydroxylamine groups is 2. The Morgan fingerprint density at radius 3 is 2.67 bits per heavy atom. The standard InChI is InChI=1S/C8H17N3O3S3.Na.H/c1-2-7-16-8(15)10-17(12,13)14-11-5-3-9-4-6-11;;/h9H,2-7H2,1H3,(H,10,15);;. The van der Waals surface area contributed by atoms with Crippen molar-refractivity contribution in [3.8, 4) is 0 Å². The fraction of sp³-hybridized carbons (Fsp3) is 0.875. The van der Waals surface area contributed by atoms with Gasteiger partial charge in [-0.3, -0.25) is 0 Å². The summed E-state index contributed by atoms with van der Waals surface area (Å²) in [7, 11) is -3.82. The number of piperazine rings is 1. The van der Waals surface area contributed by atoms with E-state index >= 15 is 0 Å². The van der Waals surface area contributed by atoms with Gasteiger partial charge in [-0.15, -0.1) is 0 Å². The summed E-state index contributed by atoms with van der Waals surface area (Å²) in [4.78, 5) is 0. The Bertz CT molecular complexity index is 347. The van der Waals surface area contributed by atoms with Crippen LogP contribution in [0.15, 0.2) is 0 Å². The van der Waals surface area contributed by atoms with Gasteiger partial charge in [-0.1, -0.05) is 30.9 Å². The maximum absolute atomic E-state index is 11.6. The van der Waals surface area contributed by atoms with Crippen LogP contribution in [0.25, 0.3) is 0 Å². The molecule has 0 saturated carbocycles. The Balaban J connectivity index is 0.00000289. The number of hydrogen-bond donors (Lipinski definition) is 2. The first-order chi connectivity index (χ1) is 8.03. The first-order valence-electron chi connectivity index (χ1n) is 5.38. The maximum atomic E-state index is 11.6. The molecule has 0 bridgehead atoms. The molecule has 0 aromatic heterocycles. The van der Waals surface area contributed by atoms with Gasteiger partial charge in [0.15, 0.2) is 0 Å². The molecule has 1 aliphatic heterocycles. The SMILES string of the molecule is CCCSC(=S)NS(=O)(=O)ON1CCNCC1.[NaH]. The third kappa shape index (κ3) is 8.28. The molecule has 0 aromatic carbocycles. The van der Waals surface area contributed by atoms with Gasteiger partial charge in [0, 0.05) is 31.9 Å². The van der Waals surface area contributed by atoms with E-state index in [0.29, 0.717) is 26.2 Å². The van der Waals surface area contributed by atoms with Gasteiger partial charge in [-0.25, -0.2) is 4.72 Å². The second-order valence-electron chi connectivity index (χ2n) is 3.45. The van der Waals surface area contributed by atoms with E-state index in [1.807, 2.05) is 6.92 Å². The van der Waals surface area contributed by atoms with Gasteiger partial charge in [0.25, 0.3) is 0 Å². The van der Waals surface area contributed by atoms with Crippen LogP contribution in [-0.4, -0.2) is 79.3 Å². The van der Waals surface area contributed by atoms with Gasteiger partial charge >= 0.3 is 39.9 Å². The van der Waals surface area contributed by atoms with Crippen LogP contribution in [0.5, 0.6) is 0 Å². The zero-order valence-corrected chi connectivity index (χ0v) is 12.1. The van der Waals surface area contributed by atoms with Crippen LogP contribution in [0.1, 0.15) is 13.3 Å². The molecule has 102 valence electrons. The molecule has 0 aliphatic carbocycles. The Morgan fingerprint density at radius 2 is 2.11 bits per heavy atom. The van der Waals surface area contributed by atoms with E-state index in [1.54, 1.807) is 0 Å². The summed E-state index contributed by atoms with van der Waals surface area (Å²) in [5.74, 6) is 0.787. The molecule has 0 amide bonds. The summed E-state index contributed by atoms with van der Waals surface area (Å²) in [6.45, 7) is 4.50. The number of hydrogen-bond acceptors (Lipinski definition) is 7. The van der Waals surface area contributed by atoms with Crippen LogP contribution < -0.4 is 10.0 Å². The van der Waals surface area contributed by atoms with Gasteiger partial charge in [-0.2, -0.15) is 17.8 Å². The van der Waals surface area contributed by atoms with Crippen molar-refractivity contribution >= 4 is 68.2 Å². The Kier molecular flexibility index (Phi) is 10.5. The predicted octanol–water partition coefficient (Wildman–Crippen LogP) is -0.563. The third-order valence-corrected chi connectivity index (χ3v) is 4.48. The predicted molar refractivity (Wildman–Crippen MR) is 80.1 cm³/mol. The zero-order valence-electron chi connectivity index (χ0n) is 9.64. The number of nitrogens with one attached hydrogen (secondary N) is 2. The van der Waals surface area contributed by atoms with Crippen molar-refractivity contribution in [3.63, 3.8) is 0 Å². The van der Waals surface area contributed by atoms with E-state index in [1.165, 1.54) is 16.8 Å². The summed E-state index contributed by atoms with van der Waals surface area (Å²) in [6.07, 6.45) is 0.936. The molecule has 0 spiro atoms. The summed E-state index contributed by atoms with van der Waals surface area (Å²) < 4.78 is 30.5. The molecular weight excluding hydrogens is 305 g/mol. The molecule has 10 heteroatoms. The van der Waals surface area contributed by atoms with E-state index in [2.05, 4.69) is 10.0 Å². The summed E-state index contributed by atoms with van der Waals surface area (Å²) in [5, 5.41) is 4.51. The van der Waals surface area contributed by atoms with Crippen molar-refractivity contribution in [3.05, 3.63) is 0 Å². The second kappa shape index (κ2) is 9.89. The fourth-order valence-corrected chi connectivity index (χ4v) is 3.36. The Morgan fingerprint density at radius 1 is 1.50 bits per heavy atom. The van der Waals surface area contributed by atoms with Gasteiger partial charge < -0.3 is 5.32 Å². The first-order valence-corrected chi connectivity index (χ1v) is 8.18. The molecular formula is C8H18N3NaO3S3. The van der Waals surface area contributed by atoms with Gasteiger partial charge in [-0.05, 0) is 6.42 Å². The molecule has 2 N–H and O–H groups in total. The monoisotopic (exact) mass is 323 g/mol. The average Bonchev–Trinajstić information content (AvgIpc) is 2.26. The van der Waals surface area contributed by atoms with E-state index in [-0.39, 0.29) is 33.9 Å². The normalized spacial score (nSPS) is 16.9. The van der Waals surface area contributed by atoms with Crippen LogP contribution in [0, 0.1) is 0 Å². The number of thioether (sulfide) groups is 1. The van der Waals surface area contributed by atoms with E-state index in [0.717, 1.165) is 12.2 Å². The zero-order chi connectivity index (χ0) is 12.7. The van der Waals surface area contributed by atoms with Crippen LogP contribution in [0.4, 0.5) is 0 Å². The first kappa shape index (κ1) is 19.1. The van der Waals surface area contributed by atoms with E-state index in [4.69, 9.17) is 16.5 Å². The fourth-order valence-electron chi connectivity index (χ4n) is 1.20. The minimum absolute atomic E-state index is 0. The summed E-state index contributed by atoms with van der Waals surface area (Å²) >= 11 is 6.19. The van der Waals surface area contributed by atoms with Crippen molar-refractivity contribution in [1.82, 2.24) is 15.1 Å². The topological polar surface area (TPSA) is 70.7 Å². The van der Waals surface area contributed by atoms with E-state index < -0.39 is 10.3 Å². The van der Waals surface area contributed by atoms with Crippen molar-refractivity contribution in [2.45, 2.75) is 13.3 Å². The molecule has 6 nitrogen and oxygen atoms in total. The second-order valence-corrected chi connectivity index (χ2v) is 6.48. The quantitative estimate of drug-likeness (QED) is 0.519. The summed E-state index contributed by atoms with van der Waals surface area (Å²) in [6, 6.07) is 0.